The van der Waals surface area contributed by atoms with Crippen LogP contribution in [0, 0.1) is 10.8 Å². The van der Waals surface area contributed by atoms with Crippen molar-refractivity contribution in [3.63, 3.8) is 0 Å². The van der Waals surface area contributed by atoms with Gasteiger partial charge in [0.25, 0.3) is 0 Å². The Balaban J connectivity index is 2.44. The van der Waals surface area contributed by atoms with Crippen molar-refractivity contribution < 1.29 is 29.1 Å². The topological polar surface area (TPSA) is 77.7 Å². The second kappa shape index (κ2) is 4.03. The molecule has 0 unspecified atom stereocenters. The van der Waals surface area contributed by atoms with Gasteiger partial charge in [0.2, 0.25) is 6.29 Å². The SMILES string of the molecule is CC(C)(C)C(=O)OOC(=O)C(C)(C)C1OO1. The monoisotopic (exact) mass is 232 g/mol. The van der Waals surface area contributed by atoms with E-state index in [1.54, 1.807) is 34.6 Å². The molecule has 0 aromatic rings. The first-order valence-corrected chi connectivity index (χ1v) is 4.91. The summed E-state index contributed by atoms with van der Waals surface area (Å²) in [6, 6.07) is 0. The number of carbonyl (C=O) groups excluding carboxylic acids is 2. The first-order valence-electron chi connectivity index (χ1n) is 4.91. The van der Waals surface area contributed by atoms with Crippen molar-refractivity contribution in [2.45, 2.75) is 40.9 Å². The molecule has 0 N–H and O–H groups in total. The van der Waals surface area contributed by atoms with Crippen molar-refractivity contribution in [2.24, 2.45) is 10.8 Å². The summed E-state index contributed by atoms with van der Waals surface area (Å²) >= 11 is 0. The summed E-state index contributed by atoms with van der Waals surface area (Å²) in [5.74, 6) is -1.33. The van der Waals surface area contributed by atoms with E-state index in [1.165, 1.54) is 0 Å². The maximum absolute atomic E-state index is 11.5. The molecule has 1 fully saturated rings. The van der Waals surface area contributed by atoms with Gasteiger partial charge in [0.05, 0.1) is 5.41 Å². The van der Waals surface area contributed by atoms with Gasteiger partial charge in [0.15, 0.2) is 0 Å². The van der Waals surface area contributed by atoms with E-state index in [2.05, 4.69) is 19.6 Å². The minimum Gasteiger partial charge on any atom is -0.247 e. The van der Waals surface area contributed by atoms with Crippen LogP contribution in [0.2, 0.25) is 0 Å². The van der Waals surface area contributed by atoms with Crippen molar-refractivity contribution >= 4 is 11.9 Å². The molecule has 1 aliphatic heterocycles. The van der Waals surface area contributed by atoms with Crippen LogP contribution in [0.25, 0.3) is 0 Å². The summed E-state index contributed by atoms with van der Waals surface area (Å²) in [6.45, 7) is 8.10. The maximum atomic E-state index is 11.5. The lowest BCUT2D eigenvalue weighted by Gasteiger charge is -2.18. The highest BCUT2D eigenvalue weighted by atomic mass is 17.4. The van der Waals surface area contributed by atoms with Gasteiger partial charge >= 0.3 is 11.9 Å². The van der Waals surface area contributed by atoms with Crippen molar-refractivity contribution in [3.05, 3.63) is 0 Å². The van der Waals surface area contributed by atoms with Crippen LogP contribution >= 0.6 is 0 Å². The van der Waals surface area contributed by atoms with Gasteiger partial charge < -0.3 is 0 Å². The largest absolute Gasteiger partial charge is 0.366 e. The summed E-state index contributed by atoms with van der Waals surface area (Å²) < 4.78 is 0. The Kier molecular flexibility index (Phi) is 3.25. The van der Waals surface area contributed by atoms with Crippen LogP contribution in [0.5, 0.6) is 0 Å². The van der Waals surface area contributed by atoms with Crippen LogP contribution < -0.4 is 0 Å². The minimum absolute atomic E-state index is 0.616. The average Bonchev–Trinajstić information content (AvgIpc) is 2.94. The highest BCUT2D eigenvalue weighted by Gasteiger charge is 2.51. The van der Waals surface area contributed by atoms with Crippen LogP contribution in [-0.4, -0.2) is 18.2 Å². The quantitative estimate of drug-likeness (QED) is 0.406. The second-order valence-electron chi connectivity index (χ2n) is 5.24. The Labute approximate surface area is 93.7 Å². The Morgan fingerprint density at radius 3 is 1.75 bits per heavy atom. The van der Waals surface area contributed by atoms with E-state index in [-0.39, 0.29) is 0 Å². The smallest absolute Gasteiger partial charge is 0.247 e. The van der Waals surface area contributed by atoms with Crippen molar-refractivity contribution in [1.29, 1.82) is 0 Å². The first kappa shape index (κ1) is 12.9. The second-order valence-corrected chi connectivity index (χ2v) is 5.24. The summed E-state index contributed by atoms with van der Waals surface area (Å²) in [4.78, 5) is 40.8. The van der Waals surface area contributed by atoms with E-state index < -0.39 is 29.1 Å². The predicted octanol–water partition coefficient (Wildman–Crippen LogP) is 1.35. The Hall–Kier alpha value is -1.14. The fourth-order valence-corrected chi connectivity index (χ4v) is 0.673. The Morgan fingerprint density at radius 2 is 1.38 bits per heavy atom. The molecule has 6 nitrogen and oxygen atoms in total. The molecule has 0 radical (unpaired) electrons. The van der Waals surface area contributed by atoms with Crippen molar-refractivity contribution in [1.82, 2.24) is 0 Å². The summed E-state index contributed by atoms with van der Waals surface area (Å²) in [5.41, 5.74) is -1.73. The number of rotatable bonds is 2. The molecule has 0 saturated carbocycles. The van der Waals surface area contributed by atoms with Gasteiger partial charge in [-0.25, -0.2) is 19.4 Å². The van der Waals surface area contributed by atoms with Gasteiger partial charge in [-0.15, -0.1) is 0 Å². The Morgan fingerprint density at radius 1 is 0.938 bits per heavy atom. The number of hydrogen-bond acceptors (Lipinski definition) is 6. The van der Waals surface area contributed by atoms with Gasteiger partial charge in [-0.05, 0) is 34.6 Å². The van der Waals surface area contributed by atoms with Gasteiger partial charge in [0.1, 0.15) is 5.41 Å². The highest BCUT2D eigenvalue weighted by Crippen LogP contribution is 2.34. The van der Waals surface area contributed by atoms with E-state index in [9.17, 15) is 9.59 Å². The molecular weight excluding hydrogens is 216 g/mol. The molecule has 0 aromatic heterocycles. The minimum atomic E-state index is -1.00. The molecule has 1 rings (SSSR count). The van der Waals surface area contributed by atoms with Gasteiger partial charge in [0, 0.05) is 0 Å². The fourth-order valence-electron chi connectivity index (χ4n) is 0.673. The summed E-state index contributed by atoms with van der Waals surface area (Å²) in [6.07, 6.45) is -0.645. The molecular formula is C10H16O6. The normalized spacial score (nSPS) is 16.8. The van der Waals surface area contributed by atoms with E-state index in [0.29, 0.717) is 0 Å². The van der Waals surface area contributed by atoms with Crippen LogP contribution in [0.3, 0.4) is 0 Å². The average molecular weight is 232 g/mol. The third-order valence-corrected chi connectivity index (χ3v) is 2.11. The standard InChI is InChI=1S/C10H16O6/c1-9(2,3)6(11)13-14-7(12)10(4,5)8-15-16-8/h8H,1-5H3. The van der Waals surface area contributed by atoms with Gasteiger partial charge in [-0.3, -0.25) is 0 Å². The van der Waals surface area contributed by atoms with E-state index >= 15 is 0 Å². The molecule has 0 aromatic carbocycles. The zero-order valence-corrected chi connectivity index (χ0v) is 10.0. The molecule has 92 valence electrons. The van der Waals surface area contributed by atoms with Gasteiger partial charge in [-0.2, -0.15) is 9.78 Å². The molecule has 0 atom stereocenters. The lowest BCUT2D eigenvalue weighted by Crippen LogP contribution is -2.34. The van der Waals surface area contributed by atoms with Crippen LogP contribution in [-0.2, 0) is 29.1 Å². The predicted molar refractivity (Wildman–Crippen MR) is 51.4 cm³/mol. The highest BCUT2D eigenvalue weighted by molar-refractivity contribution is 5.79. The molecule has 0 spiro atoms. The Bertz CT molecular complexity index is 297. The molecule has 1 aliphatic rings. The molecule has 0 amide bonds. The van der Waals surface area contributed by atoms with Crippen molar-refractivity contribution in [3.8, 4) is 0 Å². The molecule has 0 bridgehead atoms. The van der Waals surface area contributed by atoms with E-state index in [1.807, 2.05) is 0 Å². The lowest BCUT2D eigenvalue weighted by atomic mass is 9.94. The first-order chi connectivity index (χ1) is 7.15. The third-order valence-electron chi connectivity index (χ3n) is 2.11. The number of hydrogen-bond donors (Lipinski definition) is 0. The fraction of sp³-hybridized carbons (Fsp3) is 0.800. The molecule has 1 heterocycles. The van der Waals surface area contributed by atoms with E-state index in [4.69, 9.17) is 0 Å². The lowest BCUT2D eigenvalue weighted by molar-refractivity contribution is -0.272. The maximum Gasteiger partial charge on any atom is 0.366 e. The summed E-state index contributed by atoms with van der Waals surface area (Å²) in [7, 11) is 0. The third kappa shape index (κ3) is 2.93. The van der Waals surface area contributed by atoms with E-state index in [0.717, 1.165) is 0 Å². The number of carbonyl (C=O) groups is 2. The van der Waals surface area contributed by atoms with Gasteiger partial charge in [-0.1, -0.05) is 0 Å². The zero-order chi connectivity index (χ0) is 12.6. The molecule has 1 saturated heterocycles. The molecule has 16 heavy (non-hydrogen) atoms. The summed E-state index contributed by atoms with van der Waals surface area (Å²) in [5, 5.41) is 0. The van der Waals surface area contributed by atoms with Crippen LogP contribution in [0.15, 0.2) is 0 Å². The van der Waals surface area contributed by atoms with Crippen LogP contribution in [0.1, 0.15) is 34.6 Å². The zero-order valence-electron chi connectivity index (χ0n) is 10.0. The molecule has 0 aliphatic carbocycles. The molecule has 6 heteroatoms. The van der Waals surface area contributed by atoms with Crippen LogP contribution in [0.4, 0.5) is 0 Å². The van der Waals surface area contributed by atoms with Crippen molar-refractivity contribution in [2.75, 3.05) is 0 Å².